The van der Waals surface area contributed by atoms with Crippen molar-refractivity contribution in [1.29, 1.82) is 5.26 Å². The Morgan fingerprint density at radius 3 is 2.88 bits per heavy atom. The van der Waals surface area contributed by atoms with E-state index in [1.807, 2.05) is 24.3 Å². The first-order chi connectivity index (χ1) is 12.2. The molecule has 1 aliphatic rings. The molecule has 1 aromatic carbocycles. The van der Waals surface area contributed by atoms with Gasteiger partial charge in [0.05, 0.1) is 34.7 Å². The summed E-state index contributed by atoms with van der Waals surface area (Å²) in [5, 5.41) is 13.4. The molecular weight excluding hydrogens is 332 g/mol. The van der Waals surface area contributed by atoms with Crippen LogP contribution >= 0.6 is 11.3 Å². The maximum atomic E-state index is 9.02. The van der Waals surface area contributed by atoms with E-state index in [-0.39, 0.29) is 5.41 Å². The van der Waals surface area contributed by atoms with Crippen LogP contribution in [0.1, 0.15) is 30.5 Å². The average molecular weight is 350 g/mol. The monoisotopic (exact) mass is 350 g/mol. The third kappa shape index (κ3) is 2.92. The summed E-state index contributed by atoms with van der Waals surface area (Å²) in [6.45, 7) is 0.804. The van der Waals surface area contributed by atoms with Crippen LogP contribution in [-0.4, -0.2) is 23.6 Å². The Morgan fingerprint density at radius 2 is 2.16 bits per heavy atom. The highest BCUT2D eigenvalue weighted by Gasteiger charge is 2.40. The molecule has 6 heteroatoms. The van der Waals surface area contributed by atoms with Crippen molar-refractivity contribution in [2.24, 2.45) is 0 Å². The lowest BCUT2D eigenvalue weighted by Gasteiger charge is -2.41. The predicted molar refractivity (Wildman–Crippen MR) is 99.1 cm³/mol. The largest absolute Gasteiger partial charge is 0.481 e. The molecule has 0 amide bonds. The summed E-state index contributed by atoms with van der Waals surface area (Å²) in [7, 11) is 1.65. The van der Waals surface area contributed by atoms with Gasteiger partial charge < -0.3 is 10.1 Å². The summed E-state index contributed by atoms with van der Waals surface area (Å²) >= 11 is 1.59. The molecule has 2 aromatic heterocycles. The van der Waals surface area contributed by atoms with E-state index in [9.17, 15) is 0 Å². The maximum Gasteiger partial charge on any atom is 0.213 e. The van der Waals surface area contributed by atoms with Gasteiger partial charge in [0.1, 0.15) is 0 Å². The molecule has 126 valence electrons. The summed E-state index contributed by atoms with van der Waals surface area (Å²) in [5.74, 6) is 0.660. The van der Waals surface area contributed by atoms with Crippen LogP contribution in [0.25, 0.3) is 10.2 Å². The topological polar surface area (TPSA) is 70.8 Å². The van der Waals surface area contributed by atoms with Crippen molar-refractivity contribution in [2.75, 3.05) is 19.0 Å². The van der Waals surface area contributed by atoms with Crippen molar-refractivity contribution in [1.82, 2.24) is 9.97 Å². The van der Waals surface area contributed by atoms with Crippen molar-refractivity contribution in [3.05, 3.63) is 47.7 Å². The predicted octanol–water partition coefficient (Wildman–Crippen LogP) is 4.11. The minimum absolute atomic E-state index is 0.0458. The van der Waals surface area contributed by atoms with Crippen molar-refractivity contribution < 1.29 is 4.74 Å². The van der Waals surface area contributed by atoms with E-state index in [0.29, 0.717) is 11.4 Å². The fraction of sp³-hybridized carbons (Fsp3) is 0.316. The second-order valence-corrected chi connectivity index (χ2v) is 7.40. The summed E-state index contributed by atoms with van der Waals surface area (Å²) < 4.78 is 6.31. The molecule has 3 aromatic rings. The van der Waals surface area contributed by atoms with Crippen molar-refractivity contribution in [2.45, 2.75) is 24.7 Å². The van der Waals surface area contributed by atoms with Crippen LogP contribution in [-0.2, 0) is 5.41 Å². The molecule has 4 rings (SSSR count). The van der Waals surface area contributed by atoms with Gasteiger partial charge in [0.2, 0.25) is 5.88 Å². The number of methoxy groups -OCH3 is 1. The van der Waals surface area contributed by atoms with Crippen molar-refractivity contribution in [3.63, 3.8) is 0 Å². The number of nitriles is 1. The van der Waals surface area contributed by atoms with Crippen LogP contribution in [0.3, 0.4) is 0 Å². The van der Waals surface area contributed by atoms with Gasteiger partial charge in [0.25, 0.3) is 0 Å². The maximum absolute atomic E-state index is 9.02. The van der Waals surface area contributed by atoms with E-state index in [1.54, 1.807) is 24.5 Å². The Morgan fingerprint density at radius 1 is 1.28 bits per heavy atom. The molecule has 0 bridgehead atoms. The molecule has 1 saturated carbocycles. The van der Waals surface area contributed by atoms with E-state index < -0.39 is 0 Å². The number of hydrogen-bond acceptors (Lipinski definition) is 6. The molecule has 5 nitrogen and oxygen atoms in total. The van der Waals surface area contributed by atoms with Gasteiger partial charge in [-0.3, -0.25) is 0 Å². The quantitative estimate of drug-likeness (QED) is 0.750. The summed E-state index contributed by atoms with van der Waals surface area (Å²) in [4.78, 5) is 9.28. The van der Waals surface area contributed by atoms with E-state index in [4.69, 9.17) is 10.00 Å². The minimum atomic E-state index is 0.0458. The SMILES string of the molecule is COc1cccc(C2(CNc3nc4ccc(C#N)cc4s3)CCC2)n1. The second-order valence-electron chi connectivity index (χ2n) is 6.37. The number of thiazole rings is 1. The van der Waals surface area contributed by atoms with Gasteiger partial charge in [0.15, 0.2) is 5.13 Å². The molecule has 0 atom stereocenters. The van der Waals surface area contributed by atoms with Crippen LogP contribution in [0, 0.1) is 11.3 Å². The van der Waals surface area contributed by atoms with Crippen LogP contribution in [0.4, 0.5) is 5.13 Å². The van der Waals surface area contributed by atoms with Gasteiger partial charge in [-0.1, -0.05) is 23.8 Å². The van der Waals surface area contributed by atoms with E-state index >= 15 is 0 Å². The fourth-order valence-corrected chi connectivity index (χ4v) is 4.17. The lowest BCUT2D eigenvalue weighted by molar-refractivity contribution is 0.250. The summed E-state index contributed by atoms with van der Waals surface area (Å²) in [5.41, 5.74) is 2.72. The highest BCUT2D eigenvalue weighted by molar-refractivity contribution is 7.22. The van der Waals surface area contributed by atoms with Gasteiger partial charge in [-0.05, 0) is 37.1 Å². The van der Waals surface area contributed by atoms with Crippen molar-refractivity contribution >= 4 is 26.7 Å². The normalized spacial score (nSPS) is 15.4. The first kappa shape index (κ1) is 15.9. The molecule has 0 spiro atoms. The summed E-state index contributed by atoms with van der Waals surface area (Å²) in [6.07, 6.45) is 3.44. The number of pyridine rings is 1. The second kappa shape index (κ2) is 6.34. The zero-order chi connectivity index (χ0) is 17.3. The minimum Gasteiger partial charge on any atom is -0.481 e. The molecule has 0 unspecified atom stereocenters. The van der Waals surface area contributed by atoms with Crippen LogP contribution in [0.2, 0.25) is 0 Å². The molecule has 1 fully saturated rings. The number of nitrogens with one attached hydrogen (secondary N) is 1. The van der Waals surface area contributed by atoms with E-state index in [2.05, 4.69) is 27.4 Å². The molecule has 1 N–H and O–H groups in total. The highest BCUT2D eigenvalue weighted by Crippen LogP contribution is 2.43. The Labute approximate surface area is 150 Å². The molecule has 2 heterocycles. The third-order valence-corrected chi connectivity index (χ3v) is 5.86. The summed E-state index contributed by atoms with van der Waals surface area (Å²) in [6, 6.07) is 13.7. The number of anilines is 1. The molecule has 0 saturated heterocycles. The number of hydrogen-bond donors (Lipinski definition) is 1. The number of rotatable bonds is 5. The average Bonchev–Trinajstić information content (AvgIpc) is 3.03. The van der Waals surface area contributed by atoms with Gasteiger partial charge in [-0.25, -0.2) is 9.97 Å². The fourth-order valence-electron chi connectivity index (χ4n) is 3.27. The molecular formula is C19H18N4OS. The number of benzene rings is 1. The zero-order valence-corrected chi connectivity index (χ0v) is 14.8. The van der Waals surface area contributed by atoms with Gasteiger partial charge in [-0.2, -0.15) is 5.26 Å². The number of fused-ring (bicyclic) bond motifs is 1. The van der Waals surface area contributed by atoms with E-state index in [0.717, 1.165) is 40.4 Å². The Kier molecular flexibility index (Phi) is 4.02. The lowest BCUT2D eigenvalue weighted by atomic mass is 9.66. The number of ether oxygens (including phenoxy) is 1. The van der Waals surface area contributed by atoms with Crippen molar-refractivity contribution in [3.8, 4) is 11.9 Å². The number of nitrogens with zero attached hydrogens (tertiary/aromatic N) is 3. The highest BCUT2D eigenvalue weighted by atomic mass is 32.1. The Hall–Kier alpha value is -2.65. The lowest BCUT2D eigenvalue weighted by Crippen LogP contribution is -2.41. The molecule has 0 radical (unpaired) electrons. The molecule has 1 aliphatic carbocycles. The van der Waals surface area contributed by atoms with Gasteiger partial charge in [-0.15, -0.1) is 0 Å². The van der Waals surface area contributed by atoms with Gasteiger partial charge >= 0.3 is 0 Å². The molecule has 0 aliphatic heterocycles. The number of aromatic nitrogens is 2. The molecule has 25 heavy (non-hydrogen) atoms. The zero-order valence-electron chi connectivity index (χ0n) is 14.0. The van der Waals surface area contributed by atoms with Crippen LogP contribution in [0.15, 0.2) is 36.4 Å². The third-order valence-electron chi connectivity index (χ3n) is 4.88. The van der Waals surface area contributed by atoms with Crippen LogP contribution in [0.5, 0.6) is 5.88 Å². The van der Waals surface area contributed by atoms with E-state index in [1.165, 1.54) is 6.42 Å². The standard InChI is InChI=1S/C19H18N4OS/c1-24-17-5-2-4-16(23-17)19(8-3-9-19)12-21-18-22-14-7-6-13(11-20)10-15(14)25-18/h2,4-7,10H,3,8-9,12H2,1H3,(H,21,22). The smallest absolute Gasteiger partial charge is 0.213 e. The van der Waals surface area contributed by atoms with Gasteiger partial charge in [0, 0.05) is 18.0 Å². The first-order valence-corrected chi connectivity index (χ1v) is 9.10. The Balaban J connectivity index is 1.55. The Bertz CT molecular complexity index is 955. The van der Waals surface area contributed by atoms with Crippen LogP contribution < -0.4 is 10.1 Å². The first-order valence-electron chi connectivity index (χ1n) is 8.28.